The van der Waals surface area contributed by atoms with Crippen LogP contribution in [0.15, 0.2) is 53.6 Å². The second-order valence-electron chi connectivity index (χ2n) is 5.65. The highest BCUT2D eigenvalue weighted by atomic mass is 32.2. The normalized spacial score (nSPS) is 11.3. The SMILES string of the molecule is Cc1nn(C)c(C)c1NS(=O)(=O)c1ccc(Nc2ccccc2)nc1. The number of nitrogens with zero attached hydrogens (tertiary/aromatic N) is 3. The fraction of sp³-hybridized carbons (Fsp3) is 0.176. The first-order chi connectivity index (χ1) is 11.9. The number of anilines is 3. The molecule has 0 unspecified atom stereocenters. The Balaban J connectivity index is 1.81. The van der Waals surface area contributed by atoms with Gasteiger partial charge in [-0.25, -0.2) is 13.4 Å². The van der Waals surface area contributed by atoms with Gasteiger partial charge in [-0.05, 0) is 38.1 Å². The zero-order chi connectivity index (χ0) is 18.0. The zero-order valence-electron chi connectivity index (χ0n) is 14.2. The molecule has 0 saturated heterocycles. The highest BCUT2D eigenvalue weighted by Crippen LogP contribution is 2.23. The molecule has 0 aliphatic carbocycles. The van der Waals surface area contributed by atoms with Gasteiger partial charge in [-0.2, -0.15) is 5.10 Å². The molecule has 1 aromatic carbocycles. The van der Waals surface area contributed by atoms with E-state index in [1.54, 1.807) is 24.7 Å². The molecule has 0 aliphatic rings. The van der Waals surface area contributed by atoms with E-state index in [0.29, 0.717) is 17.2 Å². The van der Waals surface area contributed by atoms with E-state index in [4.69, 9.17) is 0 Å². The van der Waals surface area contributed by atoms with Crippen molar-refractivity contribution in [2.75, 3.05) is 10.0 Å². The minimum Gasteiger partial charge on any atom is -0.340 e. The van der Waals surface area contributed by atoms with E-state index in [0.717, 1.165) is 11.4 Å². The number of benzene rings is 1. The largest absolute Gasteiger partial charge is 0.340 e. The van der Waals surface area contributed by atoms with Crippen molar-refractivity contribution in [1.29, 1.82) is 0 Å². The standard InChI is InChI=1S/C17H19N5O2S/c1-12-17(13(2)22(3)20-12)21-25(23,24)15-9-10-16(18-11-15)19-14-7-5-4-6-8-14/h4-11,21H,1-3H3,(H,18,19). The Hall–Kier alpha value is -2.87. The third-order valence-corrected chi connectivity index (χ3v) is 5.17. The van der Waals surface area contributed by atoms with Gasteiger partial charge in [-0.1, -0.05) is 18.2 Å². The molecule has 0 spiro atoms. The van der Waals surface area contributed by atoms with Gasteiger partial charge in [0, 0.05) is 18.9 Å². The van der Waals surface area contributed by atoms with Crippen molar-refractivity contribution in [2.45, 2.75) is 18.7 Å². The van der Waals surface area contributed by atoms with Crippen LogP contribution in [0.2, 0.25) is 0 Å². The molecule has 7 nitrogen and oxygen atoms in total. The highest BCUT2D eigenvalue weighted by molar-refractivity contribution is 7.92. The third kappa shape index (κ3) is 3.63. The summed E-state index contributed by atoms with van der Waals surface area (Å²) in [5.74, 6) is 0.568. The Morgan fingerprint density at radius 1 is 1.04 bits per heavy atom. The van der Waals surface area contributed by atoms with Gasteiger partial charge in [-0.3, -0.25) is 9.40 Å². The molecule has 25 heavy (non-hydrogen) atoms. The second kappa shape index (κ2) is 6.56. The number of sulfonamides is 1. The lowest BCUT2D eigenvalue weighted by Crippen LogP contribution is -2.14. The maximum Gasteiger partial charge on any atom is 0.263 e. The number of para-hydroxylation sites is 1. The minimum atomic E-state index is -3.73. The van der Waals surface area contributed by atoms with Gasteiger partial charge in [0.25, 0.3) is 10.0 Å². The summed E-state index contributed by atoms with van der Waals surface area (Å²) in [5.41, 5.74) is 2.75. The molecule has 8 heteroatoms. The highest BCUT2D eigenvalue weighted by Gasteiger charge is 2.19. The smallest absolute Gasteiger partial charge is 0.263 e. The first-order valence-corrected chi connectivity index (χ1v) is 9.16. The molecule has 3 aromatic rings. The topological polar surface area (TPSA) is 88.9 Å². The quantitative estimate of drug-likeness (QED) is 0.733. The Morgan fingerprint density at radius 2 is 1.76 bits per heavy atom. The van der Waals surface area contributed by atoms with Crippen molar-refractivity contribution in [3.8, 4) is 0 Å². The Labute approximate surface area is 146 Å². The fourth-order valence-corrected chi connectivity index (χ4v) is 3.52. The van der Waals surface area contributed by atoms with Gasteiger partial charge >= 0.3 is 0 Å². The van der Waals surface area contributed by atoms with Crippen molar-refractivity contribution >= 4 is 27.2 Å². The van der Waals surface area contributed by atoms with Gasteiger partial charge in [0.1, 0.15) is 10.7 Å². The van der Waals surface area contributed by atoms with Gasteiger partial charge < -0.3 is 5.32 Å². The molecule has 2 heterocycles. The maximum absolute atomic E-state index is 12.6. The van der Waals surface area contributed by atoms with Crippen LogP contribution in [0.1, 0.15) is 11.4 Å². The molecule has 0 radical (unpaired) electrons. The van der Waals surface area contributed by atoms with Crippen LogP contribution in [0.5, 0.6) is 0 Å². The van der Waals surface area contributed by atoms with E-state index in [-0.39, 0.29) is 4.90 Å². The summed E-state index contributed by atoms with van der Waals surface area (Å²) in [5, 5.41) is 7.33. The zero-order valence-corrected chi connectivity index (χ0v) is 15.0. The molecule has 2 aromatic heterocycles. The monoisotopic (exact) mass is 357 g/mol. The van der Waals surface area contributed by atoms with Crippen molar-refractivity contribution in [3.05, 3.63) is 60.0 Å². The summed E-state index contributed by atoms with van der Waals surface area (Å²) in [7, 11) is -1.96. The number of rotatable bonds is 5. The average Bonchev–Trinajstić information content (AvgIpc) is 2.82. The van der Waals surface area contributed by atoms with Crippen molar-refractivity contribution in [2.24, 2.45) is 7.05 Å². The van der Waals surface area contributed by atoms with Crippen LogP contribution >= 0.6 is 0 Å². The molecule has 0 saturated carbocycles. The lowest BCUT2D eigenvalue weighted by Gasteiger charge is -2.09. The van der Waals surface area contributed by atoms with Gasteiger partial charge in [-0.15, -0.1) is 0 Å². The molecule has 0 fully saturated rings. The van der Waals surface area contributed by atoms with Crippen LogP contribution in [0, 0.1) is 13.8 Å². The van der Waals surface area contributed by atoms with E-state index in [2.05, 4.69) is 20.1 Å². The summed E-state index contributed by atoms with van der Waals surface area (Å²) in [6, 6.07) is 12.7. The van der Waals surface area contributed by atoms with Crippen molar-refractivity contribution < 1.29 is 8.42 Å². The minimum absolute atomic E-state index is 0.0914. The van der Waals surface area contributed by atoms with E-state index >= 15 is 0 Å². The van der Waals surface area contributed by atoms with Crippen LogP contribution in [-0.4, -0.2) is 23.2 Å². The first-order valence-electron chi connectivity index (χ1n) is 7.68. The summed E-state index contributed by atoms with van der Waals surface area (Å²) >= 11 is 0. The average molecular weight is 357 g/mol. The number of hydrogen-bond donors (Lipinski definition) is 2. The number of nitrogens with one attached hydrogen (secondary N) is 2. The van der Waals surface area contributed by atoms with Crippen LogP contribution in [-0.2, 0) is 17.1 Å². The third-order valence-electron chi connectivity index (χ3n) is 3.84. The van der Waals surface area contributed by atoms with E-state index in [1.165, 1.54) is 12.3 Å². The molecule has 0 amide bonds. The molecule has 0 atom stereocenters. The Bertz CT molecular complexity index is 980. The maximum atomic E-state index is 12.6. The van der Waals surface area contributed by atoms with E-state index in [9.17, 15) is 8.42 Å². The molecule has 3 rings (SSSR count). The predicted octanol–water partition coefficient (Wildman–Crippen LogP) is 2.98. The van der Waals surface area contributed by atoms with Crippen LogP contribution in [0.25, 0.3) is 0 Å². The van der Waals surface area contributed by atoms with Gasteiger partial charge in [0.05, 0.1) is 17.1 Å². The molecule has 0 aliphatic heterocycles. The molecule has 130 valence electrons. The van der Waals surface area contributed by atoms with Crippen molar-refractivity contribution in [3.63, 3.8) is 0 Å². The molecule has 0 bridgehead atoms. The number of hydrogen-bond acceptors (Lipinski definition) is 5. The number of aromatic nitrogens is 3. The lowest BCUT2D eigenvalue weighted by atomic mass is 10.3. The molecular weight excluding hydrogens is 338 g/mol. The second-order valence-corrected chi connectivity index (χ2v) is 7.33. The first kappa shape index (κ1) is 17.0. The Kier molecular flexibility index (Phi) is 4.45. The van der Waals surface area contributed by atoms with Crippen LogP contribution in [0.3, 0.4) is 0 Å². The van der Waals surface area contributed by atoms with Crippen LogP contribution < -0.4 is 10.0 Å². The number of aryl methyl sites for hydroxylation is 2. The predicted molar refractivity (Wildman–Crippen MR) is 97.5 cm³/mol. The van der Waals surface area contributed by atoms with E-state index in [1.807, 2.05) is 37.3 Å². The number of pyridine rings is 1. The van der Waals surface area contributed by atoms with Gasteiger partial charge in [0.2, 0.25) is 0 Å². The summed E-state index contributed by atoms with van der Waals surface area (Å²) in [4.78, 5) is 4.27. The van der Waals surface area contributed by atoms with Crippen molar-refractivity contribution in [1.82, 2.24) is 14.8 Å². The molecular formula is C17H19N5O2S. The summed E-state index contributed by atoms with van der Waals surface area (Å²) < 4.78 is 29.4. The Morgan fingerprint density at radius 3 is 2.32 bits per heavy atom. The summed E-state index contributed by atoms with van der Waals surface area (Å²) in [6.07, 6.45) is 1.33. The lowest BCUT2D eigenvalue weighted by molar-refractivity contribution is 0.600. The summed E-state index contributed by atoms with van der Waals surface area (Å²) in [6.45, 7) is 3.57. The van der Waals surface area contributed by atoms with E-state index < -0.39 is 10.0 Å². The van der Waals surface area contributed by atoms with Gasteiger partial charge in [0.15, 0.2) is 0 Å². The van der Waals surface area contributed by atoms with Crippen LogP contribution in [0.4, 0.5) is 17.2 Å². The fourth-order valence-electron chi connectivity index (χ4n) is 2.40. The molecule has 2 N–H and O–H groups in total.